The molecule has 1 heterocycles. The van der Waals surface area contributed by atoms with Crippen LogP contribution in [0.2, 0.25) is 0 Å². The molecular weight excluding hydrogens is 268 g/mol. The Morgan fingerprint density at radius 3 is 2.57 bits per heavy atom. The predicted octanol–water partition coefficient (Wildman–Crippen LogP) is 1.85. The smallest absolute Gasteiger partial charge is 0.263 e. The molecule has 1 atom stereocenters. The van der Waals surface area contributed by atoms with Crippen LogP contribution in [-0.4, -0.2) is 39.1 Å². The summed E-state index contributed by atoms with van der Waals surface area (Å²) in [6.07, 6.45) is -0.558. The van der Waals surface area contributed by atoms with Crippen LogP contribution in [0.25, 0.3) is 0 Å². The summed E-state index contributed by atoms with van der Waals surface area (Å²) in [5.74, 6) is 1.89. The normalized spacial score (nSPS) is 12.0. The van der Waals surface area contributed by atoms with Crippen molar-refractivity contribution >= 4 is 5.91 Å². The highest BCUT2D eigenvalue weighted by Crippen LogP contribution is 2.14. The lowest BCUT2D eigenvalue weighted by Crippen LogP contribution is -2.37. The lowest BCUT2D eigenvalue weighted by atomic mass is 10.2. The van der Waals surface area contributed by atoms with E-state index in [-0.39, 0.29) is 5.91 Å². The number of aromatic nitrogens is 3. The molecule has 1 aromatic carbocycles. The lowest BCUT2D eigenvalue weighted by molar-refractivity contribution is -0.137. The number of carbonyl (C=O) groups is 1. The third-order valence-electron chi connectivity index (χ3n) is 3.08. The van der Waals surface area contributed by atoms with Crippen molar-refractivity contribution < 1.29 is 9.53 Å². The van der Waals surface area contributed by atoms with Crippen LogP contribution in [0, 0.1) is 13.8 Å². The van der Waals surface area contributed by atoms with Gasteiger partial charge in [0.1, 0.15) is 11.6 Å². The van der Waals surface area contributed by atoms with E-state index in [1.54, 1.807) is 18.9 Å². The number of hydrogen-bond acceptors (Lipinski definition) is 4. The number of rotatable bonds is 5. The molecule has 0 radical (unpaired) electrons. The Bertz CT molecular complexity index is 606. The van der Waals surface area contributed by atoms with E-state index in [4.69, 9.17) is 4.74 Å². The Labute approximate surface area is 124 Å². The molecule has 0 bridgehead atoms. The standard InChI is InChI=1S/C15H20N4O2/c1-10-5-7-13(8-6-10)21-11(2)15(20)19(4)9-14-16-12(3)17-18-14/h5-8,11H,9H2,1-4H3,(H,16,17,18). The maximum absolute atomic E-state index is 12.3. The summed E-state index contributed by atoms with van der Waals surface area (Å²) in [5.41, 5.74) is 1.15. The average molecular weight is 288 g/mol. The van der Waals surface area contributed by atoms with Gasteiger partial charge in [-0.1, -0.05) is 17.7 Å². The minimum atomic E-state index is -0.558. The molecule has 1 unspecified atom stereocenters. The maximum Gasteiger partial charge on any atom is 0.263 e. The van der Waals surface area contributed by atoms with Gasteiger partial charge < -0.3 is 9.64 Å². The van der Waals surface area contributed by atoms with Gasteiger partial charge in [-0.25, -0.2) is 4.98 Å². The molecule has 1 N–H and O–H groups in total. The second-order valence-electron chi connectivity index (χ2n) is 5.10. The van der Waals surface area contributed by atoms with Gasteiger partial charge in [0.25, 0.3) is 5.91 Å². The minimum Gasteiger partial charge on any atom is -0.481 e. The first-order valence-electron chi connectivity index (χ1n) is 6.82. The van der Waals surface area contributed by atoms with Gasteiger partial charge in [-0.05, 0) is 32.9 Å². The van der Waals surface area contributed by atoms with Gasteiger partial charge in [0.2, 0.25) is 0 Å². The number of ether oxygens (including phenoxy) is 1. The van der Waals surface area contributed by atoms with E-state index in [0.29, 0.717) is 18.1 Å². The van der Waals surface area contributed by atoms with Crippen LogP contribution in [0.3, 0.4) is 0 Å². The second-order valence-corrected chi connectivity index (χ2v) is 5.10. The summed E-state index contributed by atoms with van der Waals surface area (Å²) in [6, 6.07) is 7.62. The number of aryl methyl sites for hydroxylation is 2. The number of likely N-dealkylation sites (N-methyl/N-ethyl adjacent to an activating group) is 1. The van der Waals surface area contributed by atoms with Crippen molar-refractivity contribution in [2.75, 3.05) is 7.05 Å². The minimum absolute atomic E-state index is 0.113. The fourth-order valence-corrected chi connectivity index (χ4v) is 1.93. The van der Waals surface area contributed by atoms with E-state index in [9.17, 15) is 4.79 Å². The van der Waals surface area contributed by atoms with Gasteiger partial charge in [-0.15, -0.1) is 0 Å². The number of nitrogens with zero attached hydrogens (tertiary/aromatic N) is 3. The number of hydrogen-bond donors (Lipinski definition) is 1. The highest BCUT2D eigenvalue weighted by molar-refractivity contribution is 5.80. The van der Waals surface area contributed by atoms with Crippen LogP contribution in [0.15, 0.2) is 24.3 Å². The van der Waals surface area contributed by atoms with Gasteiger partial charge in [0.15, 0.2) is 11.9 Å². The summed E-state index contributed by atoms with van der Waals surface area (Å²) in [7, 11) is 1.71. The predicted molar refractivity (Wildman–Crippen MR) is 78.9 cm³/mol. The van der Waals surface area contributed by atoms with Gasteiger partial charge >= 0.3 is 0 Å². The van der Waals surface area contributed by atoms with Crippen molar-refractivity contribution in [1.82, 2.24) is 20.1 Å². The zero-order valence-corrected chi connectivity index (χ0v) is 12.8. The largest absolute Gasteiger partial charge is 0.481 e. The Morgan fingerprint density at radius 2 is 2.00 bits per heavy atom. The van der Waals surface area contributed by atoms with Crippen molar-refractivity contribution in [3.8, 4) is 5.75 Å². The highest BCUT2D eigenvalue weighted by atomic mass is 16.5. The first-order chi connectivity index (χ1) is 9.95. The number of aromatic amines is 1. The number of amides is 1. The number of carbonyl (C=O) groups excluding carboxylic acids is 1. The van der Waals surface area contributed by atoms with Gasteiger partial charge in [-0.2, -0.15) is 5.10 Å². The number of nitrogens with one attached hydrogen (secondary N) is 1. The van der Waals surface area contributed by atoms with Gasteiger partial charge in [0.05, 0.1) is 6.54 Å². The Hall–Kier alpha value is -2.37. The molecule has 0 aliphatic carbocycles. The quantitative estimate of drug-likeness (QED) is 0.911. The molecule has 0 saturated heterocycles. The fourth-order valence-electron chi connectivity index (χ4n) is 1.93. The summed E-state index contributed by atoms with van der Waals surface area (Å²) >= 11 is 0. The topological polar surface area (TPSA) is 71.1 Å². The van der Waals surface area contributed by atoms with Crippen molar-refractivity contribution in [2.24, 2.45) is 0 Å². The lowest BCUT2D eigenvalue weighted by Gasteiger charge is -2.21. The van der Waals surface area contributed by atoms with Crippen molar-refractivity contribution in [3.05, 3.63) is 41.5 Å². The second kappa shape index (κ2) is 6.39. The SMILES string of the molecule is Cc1ccc(OC(C)C(=O)N(C)Cc2n[nH]c(C)n2)cc1. The molecule has 1 amide bonds. The van der Waals surface area contributed by atoms with Crippen molar-refractivity contribution in [3.63, 3.8) is 0 Å². The maximum atomic E-state index is 12.3. The van der Waals surface area contributed by atoms with Crippen LogP contribution in [-0.2, 0) is 11.3 Å². The number of H-pyrrole nitrogens is 1. The number of benzene rings is 1. The van der Waals surface area contributed by atoms with Crippen LogP contribution in [0.5, 0.6) is 5.75 Å². The molecule has 0 aliphatic heterocycles. The summed E-state index contributed by atoms with van der Waals surface area (Å²) < 4.78 is 5.66. The van der Waals surface area contributed by atoms with Gasteiger partial charge in [-0.3, -0.25) is 9.89 Å². The van der Waals surface area contributed by atoms with Crippen LogP contribution < -0.4 is 4.74 Å². The van der Waals surface area contributed by atoms with Crippen LogP contribution in [0.4, 0.5) is 0 Å². The van der Waals surface area contributed by atoms with E-state index in [0.717, 1.165) is 11.4 Å². The van der Waals surface area contributed by atoms with Crippen molar-refractivity contribution in [1.29, 1.82) is 0 Å². The average Bonchev–Trinajstić information content (AvgIpc) is 2.85. The molecule has 2 aromatic rings. The Balaban J connectivity index is 1.93. The fraction of sp³-hybridized carbons (Fsp3) is 0.400. The highest BCUT2D eigenvalue weighted by Gasteiger charge is 2.20. The summed E-state index contributed by atoms with van der Waals surface area (Å²) in [4.78, 5) is 18.0. The third kappa shape index (κ3) is 4.05. The molecule has 0 fully saturated rings. The molecule has 112 valence electrons. The third-order valence-corrected chi connectivity index (χ3v) is 3.08. The molecule has 0 spiro atoms. The molecule has 6 heteroatoms. The first-order valence-corrected chi connectivity index (χ1v) is 6.82. The Kier molecular flexibility index (Phi) is 4.57. The zero-order valence-electron chi connectivity index (χ0n) is 12.8. The van der Waals surface area contributed by atoms with Crippen molar-refractivity contribution in [2.45, 2.75) is 33.4 Å². The van der Waals surface area contributed by atoms with E-state index in [1.165, 1.54) is 0 Å². The monoisotopic (exact) mass is 288 g/mol. The molecule has 21 heavy (non-hydrogen) atoms. The summed E-state index contributed by atoms with van der Waals surface area (Å²) in [6.45, 7) is 5.92. The molecule has 1 aromatic heterocycles. The first kappa shape index (κ1) is 15.0. The van der Waals surface area contributed by atoms with E-state index < -0.39 is 6.10 Å². The zero-order chi connectivity index (χ0) is 15.4. The Morgan fingerprint density at radius 1 is 1.33 bits per heavy atom. The molecule has 6 nitrogen and oxygen atoms in total. The molecule has 0 aliphatic rings. The van der Waals surface area contributed by atoms with E-state index >= 15 is 0 Å². The van der Waals surface area contributed by atoms with E-state index in [1.807, 2.05) is 38.1 Å². The summed E-state index contributed by atoms with van der Waals surface area (Å²) in [5, 5.41) is 6.78. The van der Waals surface area contributed by atoms with E-state index in [2.05, 4.69) is 15.2 Å². The van der Waals surface area contributed by atoms with Crippen LogP contribution in [0.1, 0.15) is 24.1 Å². The van der Waals surface area contributed by atoms with Gasteiger partial charge in [0, 0.05) is 7.05 Å². The molecule has 0 saturated carbocycles. The molecule has 2 rings (SSSR count). The molecular formula is C15H20N4O2. The van der Waals surface area contributed by atoms with Crippen LogP contribution >= 0.6 is 0 Å².